The molecule has 0 spiro atoms. The number of hydrogen-bond donors (Lipinski definition) is 1. The summed E-state index contributed by atoms with van der Waals surface area (Å²) in [6, 6.07) is 18.1. The van der Waals surface area contributed by atoms with E-state index in [2.05, 4.69) is 24.4 Å². The summed E-state index contributed by atoms with van der Waals surface area (Å²) >= 11 is 0. The monoisotopic (exact) mass is 373 g/mol. The molecule has 0 aliphatic heterocycles. The van der Waals surface area contributed by atoms with Crippen LogP contribution in [-0.2, 0) is 19.7 Å². The van der Waals surface area contributed by atoms with Crippen LogP contribution in [0.4, 0.5) is 0 Å². The summed E-state index contributed by atoms with van der Waals surface area (Å²) in [6.45, 7) is 4.04. The topological polar surface area (TPSA) is 43.6 Å². The second-order valence-electron chi connectivity index (χ2n) is 5.88. The predicted molar refractivity (Wildman–Crippen MR) is 105 cm³/mol. The zero-order valence-electron chi connectivity index (χ0n) is 15.0. The van der Waals surface area contributed by atoms with Crippen LogP contribution in [0, 0.1) is 6.92 Å². The van der Waals surface area contributed by atoms with Gasteiger partial charge in [-0.2, -0.15) is 0 Å². The van der Waals surface area contributed by atoms with Crippen molar-refractivity contribution in [3.8, 4) is 11.5 Å². The minimum Gasteiger partial charge on any atom is -0.493 e. The third kappa shape index (κ3) is 5.28. The molecule has 0 atom stereocenters. The first kappa shape index (κ1) is 19.9. The van der Waals surface area contributed by atoms with E-state index in [1.165, 1.54) is 11.1 Å². The lowest BCUT2D eigenvalue weighted by molar-refractivity contribution is 0.283. The predicted octanol–water partition coefficient (Wildman–Crippen LogP) is 4.89. The Kier molecular flexibility index (Phi) is 7.57. The number of methoxy groups -OCH3 is 1. The molecule has 26 heavy (non-hydrogen) atoms. The van der Waals surface area contributed by atoms with E-state index in [0.29, 0.717) is 13.2 Å². The molecule has 0 aliphatic carbocycles. The van der Waals surface area contributed by atoms with Crippen LogP contribution in [0.15, 0.2) is 65.3 Å². The lowest BCUT2D eigenvalue weighted by Crippen LogP contribution is -2.12. The van der Waals surface area contributed by atoms with Gasteiger partial charge in [-0.3, -0.25) is 0 Å². The van der Waals surface area contributed by atoms with E-state index in [-0.39, 0.29) is 12.4 Å². The van der Waals surface area contributed by atoms with E-state index >= 15 is 0 Å². The number of benzene rings is 2. The Bertz CT molecular complexity index is 803. The summed E-state index contributed by atoms with van der Waals surface area (Å²) in [6.07, 6.45) is 1.68. The average Bonchev–Trinajstić information content (AvgIpc) is 3.15. The van der Waals surface area contributed by atoms with Crippen molar-refractivity contribution < 1.29 is 13.9 Å². The Balaban J connectivity index is 0.00000243. The maximum atomic E-state index is 5.95. The van der Waals surface area contributed by atoms with E-state index in [1.807, 2.05) is 42.5 Å². The summed E-state index contributed by atoms with van der Waals surface area (Å²) in [5.74, 6) is 2.41. The van der Waals surface area contributed by atoms with Crippen LogP contribution in [-0.4, -0.2) is 7.11 Å². The lowest BCUT2D eigenvalue weighted by Gasteiger charge is -2.13. The van der Waals surface area contributed by atoms with Crippen molar-refractivity contribution in [1.82, 2.24) is 5.32 Å². The molecule has 0 fully saturated rings. The number of nitrogens with one attached hydrogen (secondary N) is 1. The first-order valence-electron chi connectivity index (χ1n) is 8.33. The summed E-state index contributed by atoms with van der Waals surface area (Å²) in [4.78, 5) is 0. The minimum atomic E-state index is 0. The number of rotatable bonds is 8. The van der Waals surface area contributed by atoms with Gasteiger partial charge in [0.15, 0.2) is 11.5 Å². The van der Waals surface area contributed by atoms with Gasteiger partial charge in [-0.1, -0.05) is 30.3 Å². The number of hydrogen-bond acceptors (Lipinski definition) is 4. The highest BCUT2D eigenvalue weighted by Gasteiger charge is 2.07. The van der Waals surface area contributed by atoms with Gasteiger partial charge < -0.3 is 19.2 Å². The molecule has 0 radical (unpaired) electrons. The fourth-order valence-electron chi connectivity index (χ4n) is 2.61. The number of furan rings is 1. The molecule has 2 aromatic carbocycles. The number of ether oxygens (including phenoxy) is 2. The first-order chi connectivity index (χ1) is 12.3. The molecule has 0 amide bonds. The Morgan fingerprint density at radius 3 is 2.54 bits per heavy atom. The van der Waals surface area contributed by atoms with Crippen molar-refractivity contribution in [3.05, 3.63) is 83.3 Å². The zero-order chi connectivity index (χ0) is 17.5. The quantitative estimate of drug-likeness (QED) is 0.610. The van der Waals surface area contributed by atoms with E-state index in [0.717, 1.165) is 29.4 Å². The number of aryl methyl sites for hydroxylation is 1. The third-order valence-corrected chi connectivity index (χ3v) is 4.08. The molecule has 0 bridgehead atoms. The van der Waals surface area contributed by atoms with E-state index in [9.17, 15) is 0 Å². The summed E-state index contributed by atoms with van der Waals surface area (Å²) < 4.78 is 16.8. The normalized spacial score (nSPS) is 10.2. The van der Waals surface area contributed by atoms with Crippen molar-refractivity contribution in [2.24, 2.45) is 0 Å². The standard InChI is InChI=1S/C21H23NO3.ClH/c1-16-6-3-4-7-18(16)15-25-20-10-9-17(12-21(20)23-2)13-22-14-19-8-5-11-24-19;/h3-12,22H,13-15H2,1-2H3;1H. The molecule has 0 saturated carbocycles. The SMILES string of the molecule is COc1cc(CNCc2ccco2)ccc1OCc1ccccc1C.Cl. The molecule has 1 heterocycles. The van der Waals surface area contributed by atoms with Gasteiger partial charge >= 0.3 is 0 Å². The van der Waals surface area contributed by atoms with Crippen molar-refractivity contribution >= 4 is 12.4 Å². The summed E-state index contributed by atoms with van der Waals surface area (Å²) in [5, 5.41) is 3.35. The Hall–Kier alpha value is -2.43. The molecule has 3 rings (SSSR count). The second kappa shape index (κ2) is 9.90. The van der Waals surface area contributed by atoms with Gasteiger partial charge in [0, 0.05) is 6.54 Å². The molecule has 0 saturated heterocycles. The maximum Gasteiger partial charge on any atom is 0.161 e. The minimum absolute atomic E-state index is 0. The van der Waals surface area contributed by atoms with Gasteiger partial charge in [-0.25, -0.2) is 0 Å². The number of halogens is 1. The van der Waals surface area contributed by atoms with Crippen LogP contribution in [0.1, 0.15) is 22.5 Å². The molecule has 0 unspecified atom stereocenters. The van der Waals surface area contributed by atoms with E-state index in [1.54, 1.807) is 13.4 Å². The molecule has 1 N–H and O–H groups in total. The van der Waals surface area contributed by atoms with Gasteiger partial charge in [0.2, 0.25) is 0 Å². The molecule has 138 valence electrons. The fraction of sp³-hybridized carbons (Fsp3) is 0.238. The van der Waals surface area contributed by atoms with Crippen LogP contribution in [0.25, 0.3) is 0 Å². The van der Waals surface area contributed by atoms with Gasteiger partial charge in [-0.05, 0) is 47.9 Å². The average molecular weight is 374 g/mol. The van der Waals surface area contributed by atoms with Gasteiger partial charge in [0.05, 0.1) is 19.9 Å². The van der Waals surface area contributed by atoms with Crippen LogP contribution in [0.5, 0.6) is 11.5 Å². The Morgan fingerprint density at radius 2 is 1.81 bits per heavy atom. The van der Waals surface area contributed by atoms with Crippen LogP contribution < -0.4 is 14.8 Å². The third-order valence-electron chi connectivity index (χ3n) is 4.08. The van der Waals surface area contributed by atoms with Crippen molar-refractivity contribution in [2.75, 3.05) is 7.11 Å². The zero-order valence-corrected chi connectivity index (χ0v) is 15.8. The summed E-state index contributed by atoms with van der Waals surface area (Å²) in [5.41, 5.74) is 3.53. The van der Waals surface area contributed by atoms with Crippen LogP contribution in [0.3, 0.4) is 0 Å². The highest BCUT2D eigenvalue weighted by molar-refractivity contribution is 5.85. The highest BCUT2D eigenvalue weighted by Crippen LogP contribution is 2.29. The van der Waals surface area contributed by atoms with E-state index in [4.69, 9.17) is 13.9 Å². The Labute approximate surface area is 160 Å². The maximum absolute atomic E-state index is 5.95. The molecular weight excluding hydrogens is 350 g/mol. The lowest BCUT2D eigenvalue weighted by atomic mass is 10.1. The van der Waals surface area contributed by atoms with Crippen molar-refractivity contribution in [3.63, 3.8) is 0 Å². The smallest absolute Gasteiger partial charge is 0.161 e. The van der Waals surface area contributed by atoms with Gasteiger partial charge in [0.25, 0.3) is 0 Å². The largest absolute Gasteiger partial charge is 0.493 e. The van der Waals surface area contributed by atoms with Crippen molar-refractivity contribution in [2.45, 2.75) is 26.6 Å². The first-order valence-corrected chi connectivity index (χ1v) is 8.33. The molecule has 0 aliphatic rings. The Morgan fingerprint density at radius 1 is 0.962 bits per heavy atom. The van der Waals surface area contributed by atoms with Crippen LogP contribution in [0.2, 0.25) is 0 Å². The molecule has 3 aromatic rings. The molecule has 5 heteroatoms. The molecular formula is C21H24ClNO3. The summed E-state index contributed by atoms with van der Waals surface area (Å²) in [7, 11) is 1.66. The fourth-order valence-corrected chi connectivity index (χ4v) is 2.61. The van der Waals surface area contributed by atoms with Crippen LogP contribution >= 0.6 is 12.4 Å². The molecule has 1 aromatic heterocycles. The second-order valence-corrected chi connectivity index (χ2v) is 5.88. The molecule has 4 nitrogen and oxygen atoms in total. The van der Waals surface area contributed by atoms with Gasteiger partial charge in [-0.15, -0.1) is 12.4 Å². The van der Waals surface area contributed by atoms with Crippen molar-refractivity contribution in [1.29, 1.82) is 0 Å². The van der Waals surface area contributed by atoms with E-state index < -0.39 is 0 Å². The highest BCUT2D eigenvalue weighted by atomic mass is 35.5. The van der Waals surface area contributed by atoms with Gasteiger partial charge in [0.1, 0.15) is 12.4 Å².